The average molecular weight is 301 g/mol. The number of alkyl halides is 3. The van der Waals surface area contributed by atoms with E-state index in [1.807, 2.05) is 0 Å². The molecule has 0 saturated carbocycles. The Labute approximate surface area is 118 Å². The summed E-state index contributed by atoms with van der Waals surface area (Å²) in [6.07, 6.45) is -6.42. The Morgan fingerprint density at radius 1 is 1.29 bits per heavy atom. The van der Waals surface area contributed by atoms with Gasteiger partial charge in [0.25, 0.3) is 0 Å². The minimum Gasteiger partial charge on any atom is -0.479 e. The third-order valence-electron chi connectivity index (χ3n) is 3.25. The second-order valence-corrected chi connectivity index (χ2v) is 5.01. The van der Waals surface area contributed by atoms with E-state index in [1.165, 1.54) is 16.7 Å². The van der Waals surface area contributed by atoms with Gasteiger partial charge in [-0.25, -0.2) is 4.79 Å². The SMILES string of the molecule is CC(C)n1c(C(O)C(=O)O)cc2c(C(F)(F)F)cccc21. The van der Waals surface area contributed by atoms with Gasteiger partial charge in [0, 0.05) is 16.9 Å². The molecule has 1 aromatic heterocycles. The molecule has 114 valence electrons. The Morgan fingerprint density at radius 2 is 1.90 bits per heavy atom. The molecule has 1 aromatic carbocycles. The van der Waals surface area contributed by atoms with Crippen molar-refractivity contribution in [3.05, 3.63) is 35.5 Å². The van der Waals surface area contributed by atoms with Crippen molar-refractivity contribution in [3.8, 4) is 0 Å². The smallest absolute Gasteiger partial charge is 0.417 e. The third-order valence-corrected chi connectivity index (χ3v) is 3.25. The number of aliphatic hydroxyl groups is 1. The molecular weight excluding hydrogens is 287 g/mol. The zero-order valence-corrected chi connectivity index (χ0v) is 11.3. The summed E-state index contributed by atoms with van der Waals surface area (Å²) in [7, 11) is 0. The van der Waals surface area contributed by atoms with Gasteiger partial charge < -0.3 is 14.8 Å². The maximum Gasteiger partial charge on any atom is 0.417 e. The van der Waals surface area contributed by atoms with Crippen LogP contribution >= 0.6 is 0 Å². The number of aliphatic carboxylic acids is 1. The number of nitrogens with zero attached hydrogens (tertiary/aromatic N) is 1. The lowest BCUT2D eigenvalue weighted by molar-refractivity contribution is -0.147. The zero-order chi connectivity index (χ0) is 15.9. The first-order valence-corrected chi connectivity index (χ1v) is 6.26. The summed E-state index contributed by atoms with van der Waals surface area (Å²) in [5.41, 5.74) is -0.669. The Bertz CT molecular complexity index is 689. The van der Waals surface area contributed by atoms with Gasteiger partial charge in [0.2, 0.25) is 0 Å². The minimum atomic E-state index is -4.55. The summed E-state index contributed by atoms with van der Waals surface area (Å²) >= 11 is 0. The molecule has 21 heavy (non-hydrogen) atoms. The van der Waals surface area contributed by atoms with E-state index in [-0.39, 0.29) is 22.6 Å². The number of benzene rings is 1. The van der Waals surface area contributed by atoms with Crippen LogP contribution in [-0.4, -0.2) is 20.7 Å². The zero-order valence-electron chi connectivity index (χ0n) is 11.3. The van der Waals surface area contributed by atoms with Crippen molar-refractivity contribution in [2.75, 3.05) is 0 Å². The van der Waals surface area contributed by atoms with Gasteiger partial charge in [-0.3, -0.25) is 0 Å². The van der Waals surface area contributed by atoms with Crippen LogP contribution in [-0.2, 0) is 11.0 Å². The molecule has 1 atom stereocenters. The molecule has 2 aromatic rings. The second-order valence-electron chi connectivity index (χ2n) is 5.01. The highest BCUT2D eigenvalue weighted by molar-refractivity contribution is 5.87. The van der Waals surface area contributed by atoms with E-state index in [4.69, 9.17) is 5.11 Å². The van der Waals surface area contributed by atoms with E-state index in [0.29, 0.717) is 0 Å². The van der Waals surface area contributed by atoms with Crippen LogP contribution in [0.15, 0.2) is 24.3 Å². The van der Waals surface area contributed by atoms with Crippen LogP contribution in [0.5, 0.6) is 0 Å². The topological polar surface area (TPSA) is 62.5 Å². The van der Waals surface area contributed by atoms with E-state index in [0.717, 1.165) is 12.1 Å². The first-order valence-electron chi connectivity index (χ1n) is 6.26. The summed E-state index contributed by atoms with van der Waals surface area (Å²) in [6.45, 7) is 3.41. The number of aliphatic hydroxyl groups excluding tert-OH is 1. The van der Waals surface area contributed by atoms with Crippen molar-refractivity contribution < 1.29 is 28.2 Å². The first-order chi connectivity index (χ1) is 9.64. The van der Waals surface area contributed by atoms with Crippen LogP contribution in [0.1, 0.15) is 37.3 Å². The lowest BCUT2D eigenvalue weighted by atomic mass is 10.1. The molecule has 1 unspecified atom stereocenters. The van der Waals surface area contributed by atoms with Crippen molar-refractivity contribution in [2.24, 2.45) is 0 Å². The van der Waals surface area contributed by atoms with Crippen LogP contribution in [0.4, 0.5) is 13.2 Å². The van der Waals surface area contributed by atoms with Gasteiger partial charge in [-0.15, -0.1) is 0 Å². The van der Waals surface area contributed by atoms with Crippen molar-refractivity contribution in [3.63, 3.8) is 0 Å². The number of fused-ring (bicyclic) bond motifs is 1. The molecule has 0 fully saturated rings. The Kier molecular flexibility index (Phi) is 3.71. The van der Waals surface area contributed by atoms with Gasteiger partial charge in [0.15, 0.2) is 6.10 Å². The Morgan fingerprint density at radius 3 is 2.38 bits per heavy atom. The van der Waals surface area contributed by atoms with Crippen molar-refractivity contribution in [2.45, 2.75) is 32.2 Å². The van der Waals surface area contributed by atoms with E-state index in [1.54, 1.807) is 13.8 Å². The summed E-state index contributed by atoms with van der Waals surface area (Å²) in [6, 6.07) is 4.47. The Balaban J connectivity index is 2.82. The fraction of sp³-hybridized carbons (Fsp3) is 0.357. The minimum absolute atomic E-state index is 0.0656. The molecule has 0 aliphatic rings. The molecule has 2 N–H and O–H groups in total. The van der Waals surface area contributed by atoms with Gasteiger partial charge in [0.1, 0.15) is 0 Å². The molecule has 0 saturated heterocycles. The van der Waals surface area contributed by atoms with Gasteiger partial charge >= 0.3 is 12.1 Å². The molecular formula is C14H14F3NO3. The molecule has 0 aliphatic carbocycles. The van der Waals surface area contributed by atoms with Gasteiger partial charge in [-0.05, 0) is 32.0 Å². The van der Waals surface area contributed by atoms with Crippen molar-refractivity contribution in [1.82, 2.24) is 4.57 Å². The highest BCUT2D eigenvalue weighted by Gasteiger charge is 2.34. The molecule has 0 radical (unpaired) electrons. The van der Waals surface area contributed by atoms with Crippen molar-refractivity contribution >= 4 is 16.9 Å². The predicted molar refractivity (Wildman–Crippen MR) is 69.9 cm³/mol. The number of carboxylic acids is 1. The number of hydrogen-bond donors (Lipinski definition) is 2. The molecule has 4 nitrogen and oxygen atoms in total. The maximum atomic E-state index is 13.0. The molecule has 0 spiro atoms. The lowest BCUT2D eigenvalue weighted by Gasteiger charge is -2.16. The van der Waals surface area contributed by atoms with Crippen LogP contribution in [0.3, 0.4) is 0 Å². The summed E-state index contributed by atoms with van der Waals surface area (Å²) in [4.78, 5) is 10.9. The normalized spacial score (nSPS) is 13.9. The fourth-order valence-electron chi connectivity index (χ4n) is 2.43. The van der Waals surface area contributed by atoms with E-state index in [2.05, 4.69) is 0 Å². The molecule has 0 bridgehead atoms. The fourth-order valence-corrected chi connectivity index (χ4v) is 2.43. The van der Waals surface area contributed by atoms with Gasteiger partial charge in [0.05, 0.1) is 11.3 Å². The molecule has 1 heterocycles. The molecule has 7 heteroatoms. The highest BCUT2D eigenvalue weighted by Crippen LogP contribution is 2.38. The number of carbonyl (C=O) groups is 1. The monoisotopic (exact) mass is 301 g/mol. The van der Waals surface area contributed by atoms with Crippen LogP contribution < -0.4 is 0 Å². The molecule has 0 aliphatic heterocycles. The largest absolute Gasteiger partial charge is 0.479 e. The van der Waals surface area contributed by atoms with Gasteiger partial charge in [-0.1, -0.05) is 6.07 Å². The number of hydrogen-bond acceptors (Lipinski definition) is 2. The van der Waals surface area contributed by atoms with E-state index in [9.17, 15) is 23.1 Å². The molecule has 2 rings (SSSR count). The molecule has 0 amide bonds. The summed E-state index contributed by atoms with van der Waals surface area (Å²) in [5.74, 6) is -1.51. The lowest BCUT2D eigenvalue weighted by Crippen LogP contribution is -2.16. The van der Waals surface area contributed by atoms with Gasteiger partial charge in [-0.2, -0.15) is 13.2 Å². The van der Waals surface area contributed by atoms with Crippen LogP contribution in [0.25, 0.3) is 10.9 Å². The first kappa shape index (κ1) is 15.4. The number of aromatic nitrogens is 1. The average Bonchev–Trinajstić information content (AvgIpc) is 2.74. The maximum absolute atomic E-state index is 13.0. The number of rotatable bonds is 3. The number of carboxylic acid groups (broad SMARTS) is 1. The van der Waals surface area contributed by atoms with Crippen LogP contribution in [0, 0.1) is 0 Å². The third kappa shape index (κ3) is 2.61. The quantitative estimate of drug-likeness (QED) is 0.913. The van der Waals surface area contributed by atoms with E-state index >= 15 is 0 Å². The number of halogens is 3. The van der Waals surface area contributed by atoms with Crippen LogP contribution in [0.2, 0.25) is 0 Å². The van der Waals surface area contributed by atoms with E-state index < -0.39 is 23.8 Å². The predicted octanol–water partition coefficient (Wildman–Crippen LogP) is 3.36. The summed E-state index contributed by atoms with van der Waals surface area (Å²) < 4.78 is 40.5. The van der Waals surface area contributed by atoms with Crippen molar-refractivity contribution in [1.29, 1.82) is 0 Å². The second kappa shape index (κ2) is 5.07. The Hall–Kier alpha value is -2.02. The summed E-state index contributed by atoms with van der Waals surface area (Å²) in [5, 5.41) is 18.5. The standard InChI is InChI=1S/C14H14F3NO3/c1-7(2)18-10-5-3-4-9(14(15,16)17)8(10)6-11(18)12(19)13(20)21/h3-7,12,19H,1-2H3,(H,20,21). The highest BCUT2D eigenvalue weighted by atomic mass is 19.4.